The van der Waals surface area contributed by atoms with Crippen molar-refractivity contribution < 1.29 is 20.1 Å². The number of carboxylic acids is 1. The van der Waals surface area contributed by atoms with Crippen LogP contribution in [-0.2, 0) is 17.8 Å². The van der Waals surface area contributed by atoms with Crippen LogP contribution in [0.15, 0.2) is 4.79 Å². The summed E-state index contributed by atoms with van der Waals surface area (Å²) in [6.07, 6.45) is 9.91. The Morgan fingerprint density at radius 1 is 1.19 bits per heavy atom. The molecule has 2 rings (SSSR count). The maximum Gasteiger partial charge on any atom is 0.328 e. The molecular weight excluding hydrogens is 348 g/mol. The second-order valence-electron chi connectivity index (χ2n) is 8.13. The van der Waals surface area contributed by atoms with Gasteiger partial charge in [0.1, 0.15) is 0 Å². The molecule has 1 fully saturated rings. The van der Waals surface area contributed by atoms with Gasteiger partial charge in [-0.1, -0.05) is 32.1 Å². The summed E-state index contributed by atoms with van der Waals surface area (Å²) >= 11 is 0. The summed E-state index contributed by atoms with van der Waals surface area (Å²) in [6.45, 7) is 2.25. The molecule has 0 radical (unpaired) electrons. The Hall–Kier alpha value is -1.76. The maximum atomic E-state index is 12.2. The lowest BCUT2D eigenvalue weighted by Gasteiger charge is -2.35. The van der Waals surface area contributed by atoms with Crippen LogP contribution in [-0.4, -0.2) is 36.4 Å². The van der Waals surface area contributed by atoms with E-state index in [1.54, 1.807) is 4.57 Å². The second-order valence-corrected chi connectivity index (χ2v) is 8.13. The number of unbranched alkanes of at least 4 members (excludes halogenated alkanes) is 3. The molecule has 0 amide bonds. The number of imidazole rings is 1. The molecule has 0 bridgehead atoms. The van der Waals surface area contributed by atoms with Crippen molar-refractivity contribution in [1.29, 1.82) is 0 Å². The zero-order valence-corrected chi connectivity index (χ0v) is 16.4. The largest absolute Gasteiger partial charge is 0.493 e. The highest BCUT2D eigenvalue weighted by Gasteiger charge is 2.32. The van der Waals surface area contributed by atoms with Crippen molar-refractivity contribution >= 4 is 5.97 Å². The predicted octanol–water partition coefficient (Wildman–Crippen LogP) is 3.18. The minimum atomic E-state index is -0.805. The van der Waals surface area contributed by atoms with Crippen LogP contribution >= 0.6 is 0 Å². The standard InChI is InChI=1S/C20H34N2O5/c1-20(27,15-9-5-4-6-10-15)13-14-22-16(18(25)21-19(22)26)11-7-2-3-8-12-17(23)24/h15,25,27H,2-14H2,1H3,(H,21,26)(H,23,24). The molecule has 1 saturated carbocycles. The minimum Gasteiger partial charge on any atom is -0.493 e. The van der Waals surface area contributed by atoms with Crippen LogP contribution in [0.3, 0.4) is 0 Å². The highest BCUT2D eigenvalue weighted by atomic mass is 16.4. The summed E-state index contributed by atoms with van der Waals surface area (Å²) in [4.78, 5) is 25.1. The smallest absolute Gasteiger partial charge is 0.328 e. The molecule has 4 N–H and O–H groups in total. The average Bonchev–Trinajstić information content (AvgIpc) is 2.89. The molecule has 0 aliphatic heterocycles. The molecule has 1 unspecified atom stereocenters. The Kier molecular flexibility index (Phi) is 7.95. The Balaban J connectivity index is 1.89. The quantitative estimate of drug-likeness (QED) is 0.439. The second kappa shape index (κ2) is 9.97. The zero-order valence-electron chi connectivity index (χ0n) is 16.4. The fraction of sp³-hybridized carbons (Fsp3) is 0.800. The first-order chi connectivity index (χ1) is 12.8. The van der Waals surface area contributed by atoms with Crippen LogP contribution in [0.2, 0.25) is 0 Å². The number of H-pyrrole nitrogens is 1. The van der Waals surface area contributed by atoms with Crippen LogP contribution in [0.1, 0.15) is 83.2 Å². The molecule has 1 aromatic heterocycles. The summed E-state index contributed by atoms with van der Waals surface area (Å²) in [5.74, 6) is -0.604. The van der Waals surface area contributed by atoms with Crippen molar-refractivity contribution in [2.45, 2.75) is 96.1 Å². The van der Waals surface area contributed by atoms with Crippen LogP contribution in [0, 0.1) is 5.92 Å². The van der Waals surface area contributed by atoms with Gasteiger partial charge in [-0.2, -0.15) is 0 Å². The maximum absolute atomic E-state index is 12.2. The van der Waals surface area contributed by atoms with Crippen molar-refractivity contribution in [2.24, 2.45) is 5.92 Å². The van der Waals surface area contributed by atoms with E-state index in [2.05, 4.69) is 4.98 Å². The zero-order chi connectivity index (χ0) is 19.9. The topological polar surface area (TPSA) is 116 Å². The number of nitrogens with one attached hydrogen (secondary N) is 1. The fourth-order valence-electron chi connectivity index (χ4n) is 4.17. The predicted molar refractivity (Wildman–Crippen MR) is 103 cm³/mol. The highest BCUT2D eigenvalue weighted by Crippen LogP contribution is 2.35. The first-order valence-corrected chi connectivity index (χ1v) is 10.3. The number of aromatic nitrogens is 2. The highest BCUT2D eigenvalue weighted by molar-refractivity contribution is 5.66. The van der Waals surface area contributed by atoms with Gasteiger partial charge in [0, 0.05) is 13.0 Å². The number of hydrogen-bond donors (Lipinski definition) is 4. The molecular formula is C20H34N2O5. The van der Waals surface area contributed by atoms with Gasteiger partial charge in [0.2, 0.25) is 5.88 Å². The van der Waals surface area contributed by atoms with Crippen molar-refractivity contribution in [3.8, 4) is 5.88 Å². The van der Waals surface area contributed by atoms with Gasteiger partial charge in [-0.15, -0.1) is 0 Å². The van der Waals surface area contributed by atoms with E-state index in [1.165, 1.54) is 6.42 Å². The molecule has 1 atom stereocenters. The van der Waals surface area contributed by atoms with Crippen LogP contribution in [0.4, 0.5) is 0 Å². The van der Waals surface area contributed by atoms with Gasteiger partial charge < -0.3 is 15.3 Å². The minimum absolute atomic E-state index is 0.0946. The number of aliphatic hydroxyl groups is 1. The third-order valence-corrected chi connectivity index (χ3v) is 5.95. The van der Waals surface area contributed by atoms with E-state index in [9.17, 15) is 19.8 Å². The molecule has 1 aromatic rings. The van der Waals surface area contributed by atoms with Crippen LogP contribution < -0.4 is 5.69 Å². The Morgan fingerprint density at radius 3 is 2.52 bits per heavy atom. The normalized spacial score (nSPS) is 17.7. The van der Waals surface area contributed by atoms with Crippen molar-refractivity contribution in [3.05, 3.63) is 16.2 Å². The van der Waals surface area contributed by atoms with Gasteiger partial charge in [-0.3, -0.25) is 14.3 Å². The number of nitrogens with zero attached hydrogens (tertiary/aromatic N) is 1. The average molecular weight is 383 g/mol. The van der Waals surface area contributed by atoms with E-state index >= 15 is 0 Å². The Labute approximate surface area is 160 Å². The lowest BCUT2D eigenvalue weighted by Crippen LogP contribution is -2.38. The third-order valence-electron chi connectivity index (χ3n) is 5.95. The monoisotopic (exact) mass is 382 g/mol. The molecule has 154 valence electrons. The number of rotatable bonds is 11. The van der Waals surface area contributed by atoms with Crippen molar-refractivity contribution in [1.82, 2.24) is 9.55 Å². The third kappa shape index (κ3) is 6.41. The van der Waals surface area contributed by atoms with Gasteiger partial charge in [-0.05, 0) is 51.4 Å². The van der Waals surface area contributed by atoms with E-state index in [-0.39, 0.29) is 23.9 Å². The molecule has 1 heterocycles. The molecule has 27 heavy (non-hydrogen) atoms. The van der Waals surface area contributed by atoms with E-state index < -0.39 is 11.6 Å². The van der Waals surface area contributed by atoms with Gasteiger partial charge in [0.25, 0.3) is 0 Å². The summed E-state index contributed by atoms with van der Waals surface area (Å²) in [5.41, 5.74) is -0.564. The number of hydrogen-bond acceptors (Lipinski definition) is 4. The Bertz CT molecular complexity index is 656. The molecule has 7 nitrogen and oxygen atoms in total. The fourth-order valence-corrected chi connectivity index (χ4v) is 4.17. The van der Waals surface area contributed by atoms with Crippen LogP contribution in [0.25, 0.3) is 0 Å². The summed E-state index contributed by atoms with van der Waals surface area (Å²) in [5, 5.41) is 29.6. The van der Waals surface area contributed by atoms with E-state index in [4.69, 9.17) is 5.11 Å². The van der Waals surface area contributed by atoms with E-state index in [1.807, 2.05) is 6.92 Å². The molecule has 7 heteroatoms. The number of aliphatic carboxylic acids is 1. The lowest BCUT2D eigenvalue weighted by molar-refractivity contribution is -0.137. The summed E-state index contributed by atoms with van der Waals surface area (Å²) in [7, 11) is 0. The van der Waals surface area contributed by atoms with E-state index in [0.717, 1.165) is 44.9 Å². The van der Waals surface area contributed by atoms with Crippen molar-refractivity contribution in [3.63, 3.8) is 0 Å². The number of aromatic hydroxyl groups is 1. The summed E-state index contributed by atoms with van der Waals surface area (Å²) < 4.78 is 1.55. The molecule has 0 aromatic carbocycles. The first-order valence-electron chi connectivity index (χ1n) is 10.3. The SMILES string of the molecule is CC(O)(CCn1c(CCCCCCC(=O)O)c(O)[nH]c1=O)C1CCCCC1. The van der Waals surface area contributed by atoms with Gasteiger partial charge in [0.15, 0.2) is 0 Å². The van der Waals surface area contributed by atoms with Crippen molar-refractivity contribution in [2.75, 3.05) is 0 Å². The molecule has 1 aliphatic carbocycles. The lowest BCUT2D eigenvalue weighted by atomic mass is 9.76. The van der Waals surface area contributed by atoms with Crippen LogP contribution in [0.5, 0.6) is 5.88 Å². The molecule has 1 aliphatic rings. The Morgan fingerprint density at radius 2 is 1.85 bits per heavy atom. The van der Waals surface area contributed by atoms with E-state index in [0.29, 0.717) is 31.5 Å². The number of aromatic amines is 1. The van der Waals surface area contributed by atoms with Gasteiger partial charge >= 0.3 is 11.7 Å². The number of carboxylic acid groups (broad SMARTS) is 1. The molecule has 0 saturated heterocycles. The van der Waals surface area contributed by atoms with Gasteiger partial charge in [0.05, 0.1) is 11.3 Å². The summed E-state index contributed by atoms with van der Waals surface area (Å²) in [6, 6.07) is 0. The molecule has 0 spiro atoms. The first kappa shape index (κ1) is 21.5. The number of carbonyl (C=O) groups is 1. The van der Waals surface area contributed by atoms with Gasteiger partial charge in [-0.25, -0.2) is 4.79 Å².